The van der Waals surface area contributed by atoms with Crippen LogP contribution in [0.5, 0.6) is 0 Å². The minimum Gasteiger partial charge on any atom is -0.207 e. The lowest BCUT2D eigenvalue weighted by molar-refractivity contribution is 0.626. The third kappa shape index (κ3) is 3.33. The van der Waals surface area contributed by atoms with E-state index >= 15 is 0 Å². The number of rotatable bonds is 4. The van der Waals surface area contributed by atoms with Gasteiger partial charge in [-0.15, -0.1) is 5.10 Å². The van der Waals surface area contributed by atoms with E-state index in [1.165, 1.54) is 23.9 Å². The van der Waals surface area contributed by atoms with E-state index in [4.69, 9.17) is 0 Å². The van der Waals surface area contributed by atoms with Gasteiger partial charge in [0, 0.05) is 5.75 Å². The van der Waals surface area contributed by atoms with Crippen LogP contribution < -0.4 is 0 Å². The topological polar surface area (TPSA) is 43.6 Å². The molecule has 0 unspecified atom stereocenters. The van der Waals surface area contributed by atoms with Gasteiger partial charge >= 0.3 is 0 Å². The standard InChI is InChI=1S/C16H15FN4S/c1-11-6-12(2)8-15(7-11)21-16(18-19-20-21)22-10-13-4-3-5-14(17)9-13/h3-9H,10H2,1-2H3. The Labute approximate surface area is 132 Å². The van der Waals surface area contributed by atoms with E-state index in [1.54, 1.807) is 10.7 Å². The fourth-order valence-electron chi connectivity index (χ4n) is 2.28. The zero-order valence-corrected chi connectivity index (χ0v) is 13.1. The van der Waals surface area contributed by atoms with E-state index in [9.17, 15) is 4.39 Å². The van der Waals surface area contributed by atoms with Gasteiger partial charge in [-0.05, 0) is 65.2 Å². The van der Waals surface area contributed by atoms with Crippen molar-refractivity contribution in [3.63, 3.8) is 0 Å². The molecule has 0 atom stereocenters. The Morgan fingerprint density at radius 2 is 1.86 bits per heavy atom. The highest BCUT2D eigenvalue weighted by Crippen LogP contribution is 2.23. The molecule has 6 heteroatoms. The summed E-state index contributed by atoms with van der Waals surface area (Å²) < 4.78 is 14.9. The summed E-state index contributed by atoms with van der Waals surface area (Å²) in [6.45, 7) is 4.08. The molecule has 1 heterocycles. The molecule has 112 valence electrons. The van der Waals surface area contributed by atoms with Crippen molar-refractivity contribution in [2.75, 3.05) is 0 Å². The molecular formula is C16H15FN4S. The largest absolute Gasteiger partial charge is 0.214 e. The fourth-order valence-corrected chi connectivity index (χ4v) is 3.11. The summed E-state index contributed by atoms with van der Waals surface area (Å²) in [5.41, 5.74) is 4.15. The first-order valence-electron chi connectivity index (χ1n) is 6.86. The van der Waals surface area contributed by atoms with Crippen molar-refractivity contribution < 1.29 is 4.39 Å². The fraction of sp³-hybridized carbons (Fsp3) is 0.188. The molecule has 0 N–H and O–H groups in total. The summed E-state index contributed by atoms with van der Waals surface area (Å²) in [5, 5.41) is 12.6. The number of aryl methyl sites for hydroxylation is 2. The Balaban J connectivity index is 1.83. The molecule has 0 amide bonds. The Hall–Kier alpha value is -2.21. The summed E-state index contributed by atoms with van der Waals surface area (Å²) in [6, 6.07) is 12.7. The summed E-state index contributed by atoms with van der Waals surface area (Å²) >= 11 is 1.48. The highest BCUT2D eigenvalue weighted by atomic mass is 32.2. The van der Waals surface area contributed by atoms with Crippen molar-refractivity contribution in [1.29, 1.82) is 0 Å². The van der Waals surface area contributed by atoms with Crippen LogP contribution in [0.4, 0.5) is 4.39 Å². The van der Waals surface area contributed by atoms with Crippen molar-refractivity contribution in [2.24, 2.45) is 0 Å². The first kappa shape index (κ1) is 14.7. The average Bonchev–Trinajstić information content (AvgIpc) is 2.92. The number of hydrogen-bond donors (Lipinski definition) is 0. The van der Waals surface area contributed by atoms with Gasteiger partial charge in [0.15, 0.2) is 0 Å². The number of hydrogen-bond acceptors (Lipinski definition) is 4. The van der Waals surface area contributed by atoms with E-state index in [0.29, 0.717) is 10.9 Å². The normalized spacial score (nSPS) is 10.9. The molecule has 0 aliphatic heterocycles. The van der Waals surface area contributed by atoms with Crippen LogP contribution in [0.2, 0.25) is 0 Å². The van der Waals surface area contributed by atoms with E-state index in [2.05, 4.69) is 21.6 Å². The van der Waals surface area contributed by atoms with Crippen molar-refractivity contribution in [2.45, 2.75) is 24.8 Å². The monoisotopic (exact) mass is 314 g/mol. The number of thioether (sulfide) groups is 1. The maximum Gasteiger partial charge on any atom is 0.214 e. The lowest BCUT2D eigenvalue weighted by Crippen LogP contribution is -2.00. The van der Waals surface area contributed by atoms with Crippen LogP contribution in [0.25, 0.3) is 5.69 Å². The summed E-state index contributed by atoms with van der Waals surface area (Å²) in [6.07, 6.45) is 0. The van der Waals surface area contributed by atoms with Crippen LogP contribution in [0.15, 0.2) is 47.6 Å². The van der Waals surface area contributed by atoms with Crippen molar-refractivity contribution >= 4 is 11.8 Å². The predicted molar refractivity (Wildman–Crippen MR) is 84.6 cm³/mol. The molecule has 3 rings (SSSR count). The zero-order valence-electron chi connectivity index (χ0n) is 12.3. The lowest BCUT2D eigenvalue weighted by atomic mass is 10.1. The van der Waals surface area contributed by atoms with Crippen LogP contribution in [0.3, 0.4) is 0 Å². The van der Waals surface area contributed by atoms with Crippen molar-refractivity contribution in [3.05, 3.63) is 65.0 Å². The molecule has 2 aromatic carbocycles. The second-order valence-electron chi connectivity index (χ2n) is 5.14. The molecule has 1 aromatic heterocycles. The second kappa shape index (κ2) is 6.27. The molecule has 22 heavy (non-hydrogen) atoms. The maximum absolute atomic E-state index is 13.2. The molecule has 0 aliphatic carbocycles. The third-order valence-electron chi connectivity index (χ3n) is 3.15. The molecular weight excluding hydrogens is 299 g/mol. The van der Waals surface area contributed by atoms with E-state index in [0.717, 1.165) is 22.4 Å². The first-order chi connectivity index (χ1) is 10.6. The first-order valence-corrected chi connectivity index (χ1v) is 7.85. The van der Waals surface area contributed by atoms with Gasteiger partial charge in [0.2, 0.25) is 5.16 Å². The van der Waals surface area contributed by atoms with Gasteiger partial charge in [-0.1, -0.05) is 30.0 Å². The zero-order chi connectivity index (χ0) is 15.5. The maximum atomic E-state index is 13.2. The minimum atomic E-state index is -0.230. The summed E-state index contributed by atoms with van der Waals surface area (Å²) in [5.74, 6) is 0.384. The number of aromatic nitrogens is 4. The summed E-state index contributed by atoms with van der Waals surface area (Å²) in [4.78, 5) is 0. The Morgan fingerprint density at radius 3 is 2.59 bits per heavy atom. The highest BCUT2D eigenvalue weighted by molar-refractivity contribution is 7.98. The quantitative estimate of drug-likeness (QED) is 0.689. The van der Waals surface area contributed by atoms with Gasteiger partial charge in [0.25, 0.3) is 0 Å². The van der Waals surface area contributed by atoms with Crippen molar-refractivity contribution in [3.8, 4) is 5.69 Å². The van der Waals surface area contributed by atoms with Gasteiger partial charge in [-0.25, -0.2) is 4.39 Å². The third-order valence-corrected chi connectivity index (χ3v) is 4.14. The predicted octanol–water partition coefficient (Wildman–Crippen LogP) is 3.71. The molecule has 0 bridgehead atoms. The van der Waals surface area contributed by atoms with E-state index in [1.807, 2.05) is 32.0 Å². The van der Waals surface area contributed by atoms with Crippen LogP contribution >= 0.6 is 11.8 Å². The van der Waals surface area contributed by atoms with Crippen LogP contribution in [-0.4, -0.2) is 20.2 Å². The number of nitrogens with zero attached hydrogens (tertiary/aromatic N) is 4. The smallest absolute Gasteiger partial charge is 0.207 e. The Morgan fingerprint density at radius 1 is 1.09 bits per heavy atom. The van der Waals surface area contributed by atoms with Gasteiger partial charge in [-0.3, -0.25) is 0 Å². The molecule has 4 nitrogen and oxygen atoms in total. The minimum absolute atomic E-state index is 0.230. The number of benzene rings is 2. The molecule has 0 aliphatic rings. The van der Waals surface area contributed by atoms with Gasteiger partial charge in [0.05, 0.1) is 5.69 Å². The molecule has 0 saturated carbocycles. The molecule has 0 fully saturated rings. The van der Waals surface area contributed by atoms with Gasteiger partial charge < -0.3 is 0 Å². The SMILES string of the molecule is Cc1cc(C)cc(-n2nnnc2SCc2cccc(F)c2)c1. The number of halogens is 1. The second-order valence-corrected chi connectivity index (χ2v) is 6.08. The van der Waals surface area contributed by atoms with Crippen LogP contribution in [0, 0.1) is 19.7 Å². The van der Waals surface area contributed by atoms with Crippen molar-refractivity contribution in [1.82, 2.24) is 20.2 Å². The molecule has 0 spiro atoms. The van der Waals surface area contributed by atoms with E-state index < -0.39 is 0 Å². The summed E-state index contributed by atoms with van der Waals surface area (Å²) in [7, 11) is 0. The molecule has 0 saturated heterocycles. The Kier molecular flexibility index (Phi) is 4.20. The van der Waals surface area contributed by atoms with E-state index in [-0.39, 0.29) is 5.82 Å². The van der Waals surface area contributed by atoms with Crippen LogP contribution in [0.1, 0.15) is 16.7 Å². The Bertz CT molecular complexity index is 780. The number of tetrazole rings is 1. The molecule has 0 radical (unpaired) electrons. The highest BCUT2D eigenvalue weighted by Gasteiger charge is 2.10. The van der Waals surface area contributed by atoms with Gasteiger partial charge in [-0.2, -0.15) is 4.68 Å². The lowest BCUT2D eigenvalue weighted by Gasteiger charge is -2.07. The average molecular weight is 314 g/mol. The van der Waals surface area contributed by atoms with Crippen LogP contribution in [-0.2, 0) is 5.75 Å². The van der Waals surface area contributed by atoms with Gasteiger partial charge in [0.1, 0.15) is 5.82 Å². The molecule has 3 aromatic rings.